The van der Waals surface area contributed by atoms with Gasteiger partial charge in [-0.25, -0.2) is 4.98 Å². The highest BCUT2D eigenvalue weighted by Gasteiger charge is 2.03. The van der Waals surface area contributed by atoms with Crippen LogP contribution in [0.25, 0.3) is 0 Å². The summed E-state index contributed by atoms with van der Waals surface area (Å²) in [5.74, 6) is 1.04. The molecule has 1 rings (SSSR count). The SMILES string of the molecule is CCC(C)NCc1nc(C)c(C)[nH]1. The number of nitrogens with one attached hydrogen (secondary N) is 2. The molecule has 0 aliphatic rings. The maximum absolute atomic E-state index is 4.40. The van der Waals surface area contributed by atoms with Gasteiger partial charge in [0.15, 0.2) is 0 Å². The van der Waals surface area contributed by atoms with Crippen LogP contribution in [0.3, 0.4) is 0 Å². The summed E-state index contributed by atoms with van der Waals surface area (Å²) in [5, 5.41) is 3.40. The van der Waals surface area contributed by atoms with Crippen LogP contribution in [0.15, 0.2) is 0 Å². The number of hydrogen-bond acceptors (Lipinski definition) is 2. The van der Waals surface area contributed by atoms with Crippen LogP contribution < -0.4 is 5.32 Å². The second-order valence-electron chi connectivity index (χ2n) is 3.58. The van der Waals surface area contributed by atoms with Crippen molar-refractivity contribution in [1.29, 1.82) is 0 Å². The number of hydrogen-bond donors (Lipinski definition) is 2. The van der Waals surface area contributed by atoms with Crippen molar-refractivity contribution in [3.8, 4) is 0 Å². The van der Waals surface area contributed by atoms with Crippen LogP contribution in [-0.4, -0.2) is 16.0 Å². The highest BCUT2D eigenvalue weighted by Crippen LogP contribution is 2.02. The lowest BCUT2D eigenvalue weighted by Gasteiger charge is -2.08. The molecule has 0 spiro atoms. The molecular weight excluding hydrogens is 162 g/mol. The predicted octanol–water partition coefficient (Wildman–Crippen LogP) is 1.91. The Labute approximate surface area is 80.0 Å². The van der Waals surface area contributed by atoms with E-state index >= 15 is 0 Å². The summed E-state index contributed by atoms with van der Waals surface area (Å²) in [7, 11) is 0. The minimum Gasteiger partial charge on any atom is -0.345 e. The molecular formula is C10H19N3. The molecule has 0 saturated heterocycles. The summed E-state index contributed by atoms with van der Waals surface area (Å²) in [5.41, 5.74) is 2.27. The first-order chi connectivity index (χ1) is 6.13. The third-order valence-corrected chi connectivity index (χ3v) is 2.41. The van der Waals surface area contributed by atoms with E-state index in [9.17, 15) is 0 Å². The van der Waals surface area contributed by atoms with Crippen molar-refractivity contribution in [2.45, 2.75) is 46.7 Å². The molecule has 1 aromatic heterocycles. The second kappa shape index (κ2) is 4.42. The lowest BCUT2D eigenvalue weighted by Crippen LogP contribution is -2.24. The fraction of sp³-hybridized carbons (Fsp3) is 0.700. The van der Waals surface area contributed by atoms with Crippen LogP contribution in [0.2, 0.25) is 0 Å². The zero-order valence-electron chi connectivity index (χ0n) is 8.94. The third-order valence-electron chi connectivity index (χ3n) is 2.41. The van der Waals surface area contributed by atoms with Gasteiger partial charge in [0.1, 0.15) is 5.82 Å². The van der Waals surface area contributed by atoms with Crippen LogP contribution in [0.1, 0.15) is 37.5 Å². The monoisotopic (exact) mass is 181 g/mol. The fourth-order valence-corrected chi connectivity index (χ4v) is 1.12. The molecule has 3 nitrogen and oxygen atoms in total. The molecule has 0 fully saturated rings. The van der Waals surface area contributed by atoms with Crippen molar-refractivity contribution in [2.75, 3.05) is 0 Å². The topological polar surface area (TPSA) is 40.7 Å². The number of H-pyrrole nitrogens is 1. The molecule has 0 aromatic carbocycles. The van der Waals surface area contributed by atoms with Crippen molar-refractivity contribution in [3.05, 3.63) is 17.2 Å². The molecule has 1 unspecified atom stereocenters. The van der Waals surface area contributed by atoms with Crippen molar-refractivity contribution in [3.63, 3.8) is 0 Å². The summed E-state index contributed by atoms with van der Waals surface area (Å²) in [6.45, 7) is 9.27. The Balaban J connectivity index is 2.45. The predicted molar refractivity (Wildman–Crippen MR) is 54.7 cm³/mol. The number of rotatable bonds is 4. The Kier molecular flexibility index (Phi) is 3.48. The quantitative estimate of drug-likeness (QED) is 0.745. The summed E-state index contributed by atoms with van der Waals surface area (Å²) in [4.78, 5) is 7.65. The Hall–Kier alpha value is -0.830. The van der Waals surface area contributed by atoms with Crippen LogP contribution in [0, 0.1) is 13.8 Å². The van der Waals surface area contributed by atoms with E-state index in [4.69, 9.17) is 0 Å². The lowest BCUT2D eigenvalue weighted by atomic mass is 10.2. The first-order valence-electron chi connectivity index (χ1n) is 4.89. The fourth-order valence-electron chi connectivity index (χ4n) is 1.12. The average Bonchev–Trinajstić information content (AvgIpc) is 2.42. The largest absolute Gasteiger partial charge is 0.345 e. The van der Waals surface area contributed by atoms with Gasteiger partial charge in [0.25, 0.3) is 0 Å². The van der Waals surface area contributed by atoms with Gasteiger partial charge in [-0.3, -0.25) is 0 Å². The number of aromatic amines is 1. The Morgan fingerprint density at radius 3 is 2.62 bits per heavy atom. The first-order valence-corrected chi connectivity index (χ1v) is 4.89. The average molecular weight is 181 g/mol. The highest BCUT2D eigenvalue weighted by molar-refractivity contribution is 5.10. The molecule has 0 bridgehead atoms. The van der Waals surface area contributed by atoms with Crippen LogP contribution in [-0.2, 0) is 6.54 Å². The Morgan fingerprint density at radius 2 is 2.15 bits per heavy atom. The molecule has 0 aliphatic carbocycles. The molecule has 1 aromatic rings. The number of imidazole rings is 1. The zero-order valence-corrected chi connectivity index (χ0v) is 8.94. The van der Waals surface area contributed by atoms with Gasteiger partial charge in [0.2, 0.25) is 0 Å². The molecule has 3 heteroatoms. The smallest absolute Gasteiger partial charge is 0.120 e. The van der Waals surface area contributed by atoms with Gasteiger partial charge in [0.05, 0.1) is 12.2 Å². The highest BCUT2D eigenvalue weighted by atomic mass is 15.0. The first kappa shape index (κ1) is 10.3. The van der Waals surface area contributed by atoms with Gasteiger partial charge in [-0.15, -0.1) is 0 Å². The molecule has 2 N–H and O–H groups in total. The van der Waals surface area contributed by atoms with Crippen LogP contribution in [0.5, 0.6) is 0 Å². The number of aromatic nitrogens is 2. The van der Waals surface area contributed by atoms with E-state index in [1.807, 2.05) is 6.92 Å². The van der Waals surface area contributed by atoms with Gasteiger partial charge in [-0.1, -0.05) is 6.92 Å². The zero-order chi connectivity index (χ0) is 9.84. The van der Waals surface area contributed by atoms with Crippen molar-refractivity contribution in [2.24, 2.45) is 0 Å². The van der Waals surface area contributed by atoms with Crippen molar-refractivity contribution < 1.29 is 0 Å². The minimum absolute atomic E-state index is 0.561. The number of nitrogens with zero attached hydrogens (tertiary/aromatic N) is 1. The molecule has 0 aliphatic heterocycles. The molecule has 13 heavy (non-hydrogen) atoms. The van der Waals surface area contributed by atoms with Gasteiger partial charge in [0, 0.05) is 11.7 Å². The van der Waals surface area contributed by atoms with Crippen LogP contribution in [0.4, 0.5) is 0 Å². The molecule has 0 amide bonds. The number of aryl methyl sites for hydroxylation is 2. The third kappa shape index (κ3) is 2.84. The van der Waals surface area contributed by atoms with Gasteiger partial charge in [-0.2, -0.15) is 0 Å². The van der Waals surface area contributed by atoms with E-state index in [2.05, 4.69) is 36.1 Å². The van der Waals surface area contributed by atoms with E-state index in [0.29, 0.717) is 6.04 Å². The maximum Gasteiger partial charge on any atom is 0.120 e. The molecule has 0 saturated carbocycles. The maximum atomic E-state index is 4.40. The normalized spacial score (nSPS) is 13.2. The molecule has 1 heterocycles. The van der Waals surface area contributed by atoms with Crippen LogP contribution >= 0.6 is 0 Å². The van der Waals surface area contributed by atoms with Crippen molar-refractivity contribution in [1.82, 2.24) is 15.3 Å². The standard InChI is InChI=1S/C10H19N3/c1-5-7(2)11-6-10-12-8(3)9(4)13-10/h7,11H,5-6H2,1-4H3,(H,12,13). The van der Waals surface area contributed by atoms with Crippen molar-refractivity contribution >= 4 is 0 Å². The Bertz CT molecular complexity index is 246. The summed E-state index contributed by atoms with van der Waals surface area (Å²) >= 11 is 0. The van der Waals surface area contributed by atoms with E-state index in [1.165, 1.54) is 5.69 Å². The lowest BCUT2D eigenvalue weighted by molar-refractivity contribution is 0.524. The van der Waals surface area contributed by atoms with E-state index in [0.717, 1.165) is 24.5 Å². The summed E-state index contributed by atoms with van der Waals surface area (Å²) < 4.78 is 0. The molecule has 0 radical (unpaired) electrons. The van der Waals surface area contributed by atoms with Gasteiger partial charge < -0.3 is 10.3 Å². The van der Waals surface area contributed by atoms with E-state index in [1.54, 1.807) is 0 Å². The van der Waals surface area contributed by atoms with E-state index in [-0.39, 0.29) is 0 Å². The minimum atomic E-state index is 0.561. The second-order valence-corrected chi connectivity index (χ2v) is 3.58. The van der Waals surface area contributed by atoms with Gasteiger partial charge in [-0.05, 0) is 27.2 Å². The Morgan fingerprint density at radius 1 is 1.46 bits per heavy atom. The molecule has 1 atom stereocenters. The molecule has 74 valence electrons. The van der Waals surface area contributed by atoms with E-state index < -0.39 is 0 Å². The van der Waals surface area contributed by atoms with Gasteiger partial charge >= 0.3 is 0 Å². The summed E-state index contributed by atoms with van der Waals surface area (Å²) in [6.07, 6.45) is 1.15. The summed E-state index contributed by atoms with van der Waals surface area (Å²) in [6, 6.07) is 0.561.